The molecule has 0 aliphatic rings. The normalized spacial score (nSPS) is 9.60. The second-order valence-corrected chi connectivity index (χ2v) is 7.41. The van der Waals surface area contributed by atoms with E-state index in [-0.39, 0.29) is 0 Å². The quantitative estimate of drug-likeness (QED) is 0.327. The molecular formula is C30H34. The Hall–Kier alpha value is -3.12. The average Bonchev–Trinajstić information content (AvgIpc) is 2.82. The molecular weight excluding hydrogens is 360 g/mol. The van der Waals surface area contributed by atoms with E-state index in [0.29, 0.717) is 0 Å². The van der Waals surface area contributed by atoms with Crippen molar-refractivity contribution in [3.8, 4) is 11.1 Å². The van der Waals surface area contributed by atoms with Crippen LogP contribution in [0, 0.1) is 13.8 Å². The second kappa shape index (κ2) is 13.2. The molecule has 4 aromatic carbocycles. The van der Waals surface area contributed by atoms with Crippen LogP contribution in [0.5, 0.6) is 0 Å². The largest absolute Gasteiger partial charge is 0.0622 e. The summed E-state index contributed by atoms with van der Waals surface area (Å²) in [6.07, 6.45) is 2.28. The molecule has 0 saturated heterocycles. The Kier molecular flexibility index (Phi) is 10.2. The van der Waals surface area contributed by atoms with E-state index in [0.717, 1.165) is 12.8 Å². The third kappa shape index (κ3) is 8.49. The highest BCUT2D eigenvalue weighted by atomic mass is 14.0. The SMILES string of the molecule is CCc1ccccc1.CCc1ccccc1.Cc1ccc(-c2ccc(C)cc2)cc1. The third-order valence-corrected chi connectivity index (χ3v) is 4.94. The van der Waals surface area contributed by atoms with Gasteiger partial charge in [-0.15, -0.1) is 0 Å². The average molecular weight is 395 g/mol. The first kappa shape index (κ1) is 23.2. The van der Waals surface area contributed by atoms with Crippen LogP contribution in [-0.2, 0) is 12.8 Å². The van der Waals surface area contributed by atoms with Crippen LogP contribution in [0.1, 0.15) is 36.1 Å². The molecule has 0 nitrogen and oxygen atoms in total. The molecule has 0 spiro atoms. The van der Waals surface area contributed by atoms with Crippen molar-refractivity contribution in [3.05, 3.63) is 131 Å². The van der Waals surface area contributed by atoms with Gasteiger partial charge in [-0.2, -0.15) is 0 Å². The number of hydrogen-bond acceptors (Lipinski definition) is 0. The van der Waals surface area contributed by atoms with E-state index in [1.165, 1.54) is 33.4 Å². The van der Waals surface area contributed by atoms with Gasteiger partial charge in [0.05, 0.1) is 0 Å². The van der Waals surface area contributed by atoms with Crippen molar-refractivity contribution in [1.29, 1.82) is 0 Å². The highest BCUT2D eigenvalue weighted by molar-refractivity contribution is 5.63. The predicted molar refractivity (Wildman–Crippen MR) is 133 cm³/mol. The van der Waals surface area contributed by atoms with Crippen LogP contribution in [0.15, 0.2) is 109 Å². The summed E-state index contributed by atoms with van der Waals surface area (Å²) < 4.78 is 0. The van der Waals surface area contributed by atoms with Crippen molar-refractivity contribution in [2.45, 2.75) is 40.5 Å². The van der Waals surface area contributed by atoms with Gasteiger partial charge in [-0.3, -0.25) is 0 Å². The summed E-state index contributed by atoms with van der Waals surface area (Å²) in [6, 6.07) is 38.2. The molecule has 30 heavy (non-hydrogen) atoms. The molecule has 0 fully saturated rings. The highest BCUT2D eigenvalue weighted by Crippen LogP contribution is 2.19. The maximum atomic E-state index is 2.17. The maximum Gasteiger partial charge on any atom is -0.0184 e. The number of aryl methyl sites for hydroxylation is 4. The Bertz CT molecular complexity index is 851. The molecule has 0 saturated carbocycles. The Morgan fingerprint density at radius 2 is 0.700 bits per heavy atom. The first-order valence-electron chi connectivity index (χ1n) is 10.8. The standard InChI is InChI=1S/C14H14.2C8H10/c1-11-3-7-13(8-4-11)14-9-5-12(2)6-10-14;2*1-2-8-6-4-3-5-7-8/h3-10H,1-2H3;2*3-7H,2H2,1H3. The topological polar surface area (TPSA) is 0 Å². The van der Waals surface area contributed by atoms with Crippen molar-refractivity contribution in [1.82, 2.24) is 0 Å². The maximum absolute atomic E-state index is 2.17. The molecule has 0 aromatic heterocycles. The lowest BCUT2D eigenvalue weighted by Gasteiger charge is -2.02. The molecule has 0 unspecified atom stereocenters. The smallest absolute Gasteiger partial charge is 0.0184 e. The number of hydrogen-bond donors (Lipinski definition) is 0. The van der Waals surface area contributed by atoms with Crippen LogP contribution < -0.4 is 0 Å². The molecule has 0 aliphatic heterocycles. The van der Waals surface area contributed by atoms with E-state index in [2.05, 4.69) is 125 Å². The van der Waals surface area contributed by atoms with E-state index in [4.69, 9.17) is 0 Å². The van der Waals surface area contributed by atoms with Gasteiger partial charge in [0.2, 0.25) is 0 Å². The molecule has 154 valence electrons. The van der Waals surface area contributed by atoms with E-state index in [1.54, 1.807) is 0 Å². The minimum Gasteiger partial charge on any atom is -0.0622 e. The fraction of sp³-hybridized carbons (Fsp3) is 0.200. The van der Waals surface area contributed by atoms with Gasteiger partial charge in [0, 0.05) is 0 Å². The number of rotatable bonds is 3. The minimum absolute atomic E-state index is 1.14. The van der Waals surface area contributed by atoms with Crippen LogP contribution in [0.4, 0.5) is 0 Å². The molecule has 0 bridgehead atoms. The molecule has 0 aliphatic carbocycles. The first-order valence-corrected chi connectivity index (χ1v) is 10.8. The van der Waals surface area contributed by atoms with Crippen LogP contribution in [0.25, 0.3) is 11.1 Å². The number of benzene rings is 4. The zero-order valence-corrected chi connectivity index (χ0v) is 18.8. The van der Waals surface area contributed by atoms with E-state index < -0.39 is 0 Å². The Labute approximate surface area is 183 Å². The fourth-order valence-corrected chi connectivity index (χ4v) is 2.92. The molecule has 0 amide bonds. The van der Waals surface area contributed by atoms with Gasteiger partial charge in [0.25, 0.3) is 0 Å². The minimum atomic E-state index is 1.14. The molecule has 0 radical (unpaired) electrons. The summed E-state index contributed by atoms with van der Waals surface area (Å²) in [5, 5.41) is 0. The van der Waals surface area contributed by atoms with E-state index in [9.17, 15) is 0 Å². The highest BCUT2D eigenvalue weighted by Gasteiger charge is 1.95. The Balaban J connectivity index is 0.000000172. The lowest BCUT2D eigenvalue weighted by atomic mass is 10.0. The van der Waals surface area contributed by atoms with Gasteiger partial charge >= 0.3 is 0 Å². The summed E-state index contributed by atoms with van der Waals surface area (Å²) in [5.74, 6) is 0. The molecule has 4 aromatic rings. The van der Waals surface area contributed by atoms with Crippen molar-refractivity contribution >= 4 is 0 Å². The summed E-state index contributed by atoms with van der Waals surface area (Å²) in [4.78, 5) is 0. The fourth-order valence-electron chi connectivity index (χ4n) is 2.92. The van der Waals surface area contributed by atoms with Crippen LogP contribution in [-0.4, -0.2) is 0 Å². The summed E-state index contributed by atoms with van der Waals surface area (Å²) in [6.45, 7) is 8.54. The summed E-state index contributed by atoms with van der Waals surface area (Å²) in [7, 11) is 0. The second-order valence-electron chi connectivity index (χ2n) is 7.41. The summed E-state index contributed by atoms with van der Waals surface area (Å²) >= 11 is 0. The van der Waals surface area contributed by atoms with Gasteiger partial charge in [-0.25, -0.2) is 0 Å². The van der Waals surface area contributed by atoms with Crippen LogP contribution in [0.3, 0.4) is 0 Å². The van der Waals surface area contributed by atoms with Crippen molar-refractivity contribution in [2.24, 2.45) is 0 Å². The predicted octanol–water partition coefficient (Wildman–Crippen LogP) is 8.47. The monoisotopic (exact) mass is 394 g/mol. The molecule has 0 atom stereocenters. The van der Waals surface area contributed by atoms with Crippen molar-refractivity contribution in [3.63, 3.8) is 0 Å². The lowest BCUT2D eigenvalue weighted by Crippen LogP contribution is -1.78. The first-order chi connectivity index (χ1) is 14.6. The van der Waals surface area contributed by atoms with Gasteiger partial charge in [-0.05, 0) is 48.9 Å². The van der Waals surface area contributed by atoms with Crippen LogP contribution in [0.2, 0.25) is 0 Å². The van der Waals surface area contributed by atoms with Gasteiger partial charge in [0.15, 0.2) is 0 Å². The summed E-state index contributed by atoms with van der Waals surface area (Å²) in [5.41, 5.74) is 8.01. The lowest BCUT2D eigenvalue weighted by molar-refractivity contribution is 1.14. The molecule has 0 heteroatoms. The van der Waals surface area contributed by atoms with Gasteiger partial charge in [0.1, 0.15) is 0 Å². The van der Waals surface area contributed by atoms with E-state index >= 15 is 0 Å². The van der Waals surface area contributed by atoms with Crippen LogP contribution >= 0.6 is 0 Å². The van der Waals surface area contributed by atoms with Gasteiger partial charge < -0.3 is 0 Å². The van der Waals surface area contributed by atoms with Crippen molar-refractivity contribution < 1.29 is 0 Å². The Morgan fingerprint density at radius 3 is 0.933 bits per heavy atom. The Morgan fingerprint density at radius 1 is 0.400 bits per heavy atom. The van der Waals surface area contributed by atoms with Crippen molar-refractivity contribution in [2.75, 3.05) is 0 Å². The molecule has 0 heterocycles. The molecule has 0 N–H and O–H groups in total. The van der Waals surface area contributed by atoms with Gasteiger partial charge in [-0.1, -0.05) is 134 Å². The zero-order valence-electron chi connectivity index (χ0n) is 18.8. The zero-order chi connectivity index (χ0) is 21.6. The third-order valence-electron chi connectivity index (χ3n) is 4.94. The molecule has 4 rings (SSSR count). The van der Waals surface area contributed by atoms with E-state index in [1.807, 2.05) is 12.1 Å².